The van der Waals surface area contributed by atoms with Gasteiger partial charge in [0, 0.05) is 12.2 Å². The number of methoxy groups -OCH3 is 1. The summed E-state index contributed by atoms with van der Waals surface area (Å²) in [4.78, 5) is 0. The molecule has 0 aromatic heterocycles. The Labute approximate surface area is 130 Å². The number of aryl methyl sites for hydroxylation is 1. The molecule has 1 aromatic carbocycles. The molecule has 3 nitrogen and oxygen atoms in total. The number of ether oxygens (including phenoxy) is 2. The second-order valence-corrected chi connectivity index (χ2v) is 5.84. The molecule has 0 aliphatic rings. The largest absolute Gasteiger partial charge is 0.496 e. The highest BCUT2D eigenvalue weighted by atomic mass is 16.5. The van der Waals surface area contributed by atoms with E-state index in [0.29, 0.717) is 5.92 Å². The first-order valence-corrected chi connectivity index (χ1v) is 8.04. The van der Waals surface area contributed by atoms with Gasteiger partial charge in [-0.25, -0.2) is 0 Å². The normalized spacial score (nSPS) is 14.2. The highest BCUT2D eigenvalue weighted by Crippen LogP contribution is 2.32. The lowest BCUT2D eigenvalue weighted by atomic mass is 9.91. The lowest BCUT2D eigenvalue weighted by Crippen LogP contribution is -2.38. The summed E-state index contributed by atoms with van der Waals surface area (Å²) in [5, 5.41) is 3.65. The molecule has 0 aliphatic heterocycles. The van der Waals surface area contributed by atoms with E-state index in [0.717, 1.165) is 25.3 Å². The van der Waals surface area contributed by atoms with Crippen LogP contribution in [0, 0.1) is 12.8 Å². The van der Waals surface area contributed by atoms with Crippen LogP contribution < -0.4 is 10.1 Å². The van der Waals surface area contributed by atoms with Crippen LogP contribution in [-0.4, -0.2) is 26.4 Å². The first kappa shape index (κ1) is 18.0. The molecular weight excluding hydrogens is 262 g/mol. The second-order valence-electron chi connectivity index (χ2n) is 5.84. The lowest BCUT2D eigenvalue weighted by molar-refractivity contribution is 0.00231. The molecule has 0 saturated heterocycles. The fourth-order valence-electron chi connectivity index (χ4n) is 2.67. The van der Waals surface area contributed by atoms with Crippen molar-refractivity contribution in [2.75, 3.05) is 20.3 Å². The smallest absolute Gasteiger partial charge is 0.123 e. The van der Waals surface area contributed by atoms with E-state index in [1.54, 1.807) is 7.11 Å². The van der Waals surface area contributed by atoms with Gasteiger partial charge < -0.3 is 14.8 Å². The minimum Gasteiger partial charge on any atom is -0.496 e. The Morgan fingerprint density at radius 1 is 1.19 bits per heavy atom. The van der Waals surface area contributed by atoms with Gasteiger partial charge in [0.25, 0.3) is 0 Å². The second kappa shape index (κ2) is 9.06. The van der Waals surface area contributed by atoms with E-state index in [-0.39, 0.29) is 12.1 Å². The van der Waals surface area contributed by atoms with Crippen molar-refractivity contribution < 1.29 is 9.47 Å². The van der Waals surface area contributed by atoms with Crippen LogP contribution in [-0.2, 0) is 4.74 Å². The van der Waals surface area contributed by atoms with E-state index in [2.05, 4.69) is 58.1 Å². The van der Waals surface area contributed by atoms with Gasteiger partial charge in [0.2, 0.25) is 0 Å². The quantitative estimate of drug-likeness (QED) is 0.743. The van der Waals surface area contributed by atoms with Gasteiger partial charge in [-0.3, -0.25) is 0 Å². The van der Waals surface area contributed by atoms with Crippen molar-refractivity contribution in [2.24, 2.45) is 5.92 Å². The third kappa shape index (κ3) is 5.01. The summed E-state index contributed by atoms with van der Waals surface area (Å²) in [6.45, 7) is 12.5. The van der Waals surface area contributed by atoms with Gasteiger partial charge in [0.1, 0.15) is 5.75 Å². The fourth-order valence-corrected chi connectivity index (χ4v) is 2.67. The summed E-state index contributed by atoms with van der Waals surface area (Å²) < 4.78 is 11.6. The Balaban J connectivity index is 3.19. The van der Waals surface area contributed by atoms with Crippen molar-refractivity contribution in [3.8, 4) is 5.75 Å². The van der Waals surface area contributed by atoms with Gasteiger partial charge in [-0.15, -0.1) is 0 Å². The number of nitrogens with one attached hydrogen (secondary N) is 1. The maximum atomic E-state index is 6.04. The summed E-state index contributed by atoms with van der Waals surface area (Å²) in [7, 11) is 1.73. The Hall–Kier alpha value is -1.06. The summed E-state index contributed by atoms with van der Waals surface area (Å²) in [5.41, 5.74) is 2.44. The first-order valence-electron chi connectivity index (χ1n) is 8.04. The van der Waals surface area contributed by atoms with Crippen molar-refractivity contribution in [3.63, 3.8) is 0 Å². The summed E-state index contributed by atoms with van der Waals surface area (Å²) in [6.07, 6.45) is 1.24. The topological polar surface area (TPSA) is 30.5 Å². The van der Waals surface area contributed by atoms with E-state index in [4.69, 9.17) is 9.47 Å². The predicted octanol–water partition coefficient (Wildman–Crippen LogP) is 4.11. The van der Waals surface area contributed by atoms with Gasteiger partial charge in [0.15, 0.2) is 0 Å². The average Bonchev–Trinajstić information content (AvgIpc) is 2.46. The average molecular weight is 293 g/mol. The molecule has 0 bridgehead atoms. The number of benzene rings is 1. The van der Waals surface area contributed by atoms with Crippen LogP contribution in [0.1, 0.15) is 51.3 Å². The van der Waals surface area contributed by atoms with E-state index in [1.807, 2.05) is 0 Å². The summed E-state index contributed by atoms with van der Waals surface area (Å²) in [6, 6.07) is 6.50. The first-order chi connectivity index (χ1) is 10.0. The van der Waals surface area contributed by atoms with Crippen molar-refractivity contribution in [1.82, 2.24) is 5.32 Å². The molecule has 0 heterocycles. The molecule has 3 heteroatoms. The zero-order valence-corrected chi connectivity index (χ0v) is 14.4. The number of hydrogen-bond acceptors (Lipinski definition) is 3. The molecule has 120 valence electrons. The molecule has 0 amide bonds. The Kier molecular flexibility index (Phi) is 7.76. The number of rotatable bonds is 9. The molecule has 1 rings (SSSR count). The van der Waals surface area contributed by atoms with Gasteiger partial charge in [0.05, 0.1) is 19.3 Å². The van der Waals surface area contributed by atoms with Crippen LogP contribution in [0.15, 0.2) is 18.2 Å². The maximum Gasteiger partial charge on any atom is 0.123 e. The van der Waals surface area contributed by atoms with Gasteiger partial charge in [-0.1, -0.05) is 38.5 Å². The third-order valence-electron chi connectivity index (χ3n) is 3.68. The van der Waals surface area contributed by atoms with E-state index in [1.165, 1.54) is 11.1 Å². The van der Waals surface area contributed by atoms with Crippen molar-refractivity contribution in [3.05, 3.63) is 29.3 Å². The number of hydrogen-bond donors (Lipinski definition) is 1. The third-order valence-corrected chi connectivity index (χ3v) is 3.68. The van der Waals surface area contributed by atoms with Gasteiger partial charge >= 0.3 is 0 Å². The summed E-state index contributed by atoms with van der Waals surface area (Å²) >= 11 is 0. The predicted molar refractivity (Wildman–Crippen MR) is 89.0 cm³/mol. The minimum absolute atomic E-state index is 0.136. The SMILES string of the molecule is CCCNC(c1cc(C)ccc1OC)C(OCC)C(C)C. The molecule has 21 heavy (non-hydrogen) atoms. The molecule has 0 aliphatic carbocycles. The Morgan fingerprint density at radius 2 is 1.90 bits per heavy atom. The van der Waals surface area contributed by atoms with E-state index in [9.17, 15) is 0 Å². The maximum absolute atomic E-state index is 6.04. The minimum atomic E-state index is 0.136. The Bertz CT molecular complexity index is 418. The molecule has 0 fully saturated rings. The van der Waals surface area contributed by atoms with Crippen LogP contribution in [0.3, 0.4) is 0 Å². The fraction of sp³-hybridized carbons (Fsp3) is 0.667. The van der Waals surface area contributed by atoms with Crippen LogP contribution in [0.2, 0.25) is 0 Å². The van der Waals surface area contributed by atoms with E-state index >= 15 is 0 Å². The van der Waals surface area contributed by atoms with Crippen LogP contribution in [0.25, 0.3) is 0 Å². The standard InChI is InChI=1S/C18H31NO2/c1-7-11-19-17(18(13(3)4)21-8-2)15-12-14(5)9-10-16(15)20-6/h9-10,12-13,17-19H,7-8,11H2,1-6H3. The highest BCUT2D eigenvalue weighted by molar-refractivity contribution is 5.39. The van der Waals surface area contributed by atoms with Crippen LogP contribution >= 0.6 is 0 Å². The summed E-state index contributed by atoms with van der Waals surface area (Å²) in [5.74, 6) is 1.36. The lowest BCUT2D eigenvalue weighted by Gasteiger charge is -2.32. The zero-order chi connectivity index (χ0) is 15.8. The van der Waals surface area contributed by atoms with Crippen molar-refractivity contribution in [1.29, 1.82) is 0 Å². The molecule has 2 unspecified atom stereocenters. The highest BCUT2D eigenvalue weighted by Gasteiger charge is 2.28. The zero-order valence-electron chi connectivity index (χ0n) is 14.4. The molecular formula is C18H31NO2. The molecule has 0 saturated carbocycles. The van der Waals surface area contributed by atoms with Gasteiger partial charge in [-0.2, -0.15) is 0 Å². The molecule has 0 radical (unpaired) electrons. The Morgan fingerprint density at radius 3 is 2.43 bits per heavy atom. The molecule has 0 spiro atoms. The van der Waals surface area contributed by atoms with Crippen LogP contribution in [0.5, 0.6) is 5.75 Å². The monoisotopic (exact) mass is 293 g/mol. The van der Waals surface area contributed by atoms with Crippen molar-refractivity contribution in [2.45, 2.75) is 53.2 Å². The molecule has 2 atom stereocenters. The van der Waals surface area contributed by atoms with Gasteiger partial charge in [-0.05, 0) is 38.8 Å². The molecule has 1 aromatic rings. The van der Waals surface area contributed by atoms with Crippen molar-refractivity contribution >= 4 is 0 Å². The van der Waals surface area contributed by atoms with E-state index < -0.39 is 0 Å². The van der Waals surface area contributed by atoms with Crippen LogP contribution in [0.4, 0.5) is 0 Å². The molecule has 1 N–H and O–H groups in total.